The van der Waals surface area contributed by atoms with Crippen molar-refractivity contribution >= 4 is 34.8 Å². The van der Waals surface area contributed by atoms with Gasteiger partial charge in [-0.3, -0.25) is 14.6 Å². The summed E-state index contributed by atoms with van der Waals surface area (Å²) < 4.78 is 5.77. The number of para-hydroxylation sites is 1. The van der Waals surface area contributed by atoms with Crippen LogP contribution in [0.15, 0.2) is 64.1 Å². The van der Waals surface area contributed by atoms with Crippen LogP contribution in [0, 0.1) is 0 Å². The molecule has 2 aromatic carbocycles. The molecule has 1 unspecified atom stereocenters. The topological polar surface area (TPSA) is 118 Å². The molecule has 2 N–H and O–H groups in total. The maximum absolute atomic E-state index is 13.3. The largest absolute Gasteiger partial charge is 0.419 e. The second-order valence-corrected chi connectivity index (χ2v) is 7.96. The number of hydrazone groups is 1. The first-order valence-electron chi connectivity index (χ1n) is 10.6. The zero-order valence-corrected chi connectivity index (χ0v) is 18.8. The van der Waals surface area contributed by atoms with Crippen molar-refractivity contribution in [3.63, 3.8) is 0 Å². The van der Waals surface area contributed by atoms with Crippen LogP contribution >= 0.6 is 11.6 Å². The molecular weight excluding hydrogens is 444 g/mol. The van der Waals surface area contributed by atoms with Gasteiger partial charge in [0.05, 0.1) is 22.8 Å². The van der Waals surface area contributed by atoms with Gasteiger partial charge in [0.2, 0.25) is 17.7 Å². The van der Waals surface area contributed by atoms with Crippen LogP contribution in [0.3, 0.4) is 0 Å². The van der Waals surface area contributed by atoms with Crippen molar-refractivity contribution in [2.45, 2.75) is 32.4 Å². The second-order valence-electron chi connectivity index (χ2n) is 7.56. The Bertz CT molecular complexity index is 1180. The van der Waals surface area contributed by atoms with Crippen LogP contribution in [-0.4, -0.2) is 45.2 Å². The Hall–Kier alpha value is -3.72. The van der Waals surface area contributed by atoms with E-state index in [9.17, 15) is 9.59 Å². The lowest BCUT2D eigenvalue weighted by Gasteiger charge is -2.20. The van der Waals surface area contributed by atoms with Gasteiger partial charge in [0, 0.05) is 13.0 Å². The van der Waals surface area contributed by atoms with Gasteiger partial charge < -0.3 is 15.1 Å². The molecule has 0 fully saturated rings. The molecule has 10 heteroatoms. The van der Waals surface area contributed by atoms with Crippen molar-refractivity contribution in [1.29, 1.82) is 0 Å². The van der Waals surface area contributed by atoms with Crippen LogP contribution < -0.4 is 10.7 Å². The number of hydrogen-bond acceptors (Lipinski definition) is 7. The van der Waals surface area contributed by atoms with E-state index in [0.717, 1.165) is 0 Å². The number of anilines is 1. The molecule has 0 spiro atoms. The normalized spacial score (nSPS) is 15.4. The number of rotatable bonds is 8. The summed E-state index contributed by atoms with van der Waals surface area (Å²) in [5.74, 6) is -0.300. The quantitative estimate of drug-likeness (QED) is 0.544. The fraction of sp³-hybridized carbons (Fsp3) is 0.261. The van der Waals surface area contributed by atoms with Crippen molar-refractivity contribution in [1.82, 2.24) is 15.1 Å². The second kappa shape index (κ2) is 9.83. The highest BCUT2D eigenvalue weighted by atomic mass is 35.5. The average Bonchev–Trinajstić information content (AvgIpc) is 3.47. The highest BCUT2D eigenvalue weighted by Crippen LogP contribution is 2.27. The molecule has 1 aliphatic heterocycles. The predicted molar refractivity (Wildman–Crippen MR) is 124 cm³/mol. The number of amides is 2. The SMILES string of the molecule is CCCN(Cc1nnc(-c2ccccc2Cl)o1)C(=O)C1=NN(c2ccccc2)C(C(N)=O)C1. The number of nitrogens with two attached hydrogens (primary N) is 1. The molecule has 33 heavy (non-hydrogen) atoms. The zero-order valence-electron chi connectivity index (χ0n) is 18.0. The molecule has 9 nitrogen and oxygen atoms in total. The van der Waals surface area contributed by atoms with Crippen LogP contribution in [-0.2, 0) is 16.1 Å². The number of carbonyl (C=O) groups excluding carboxylic acids is 2. The van der Waals surface area contributed by atoms with Crippen LogP contribution in [0.25, 0.3) is 11.5 Å². The molecule has 2 amide bonds. The van der Waals surface area contributed by atoms with Gasteiger partial charge in [-0.25, -0.2) is 0 Å². The third-order valence-electron chi connectivity index (χ3n) is 5.18. The van der Waals surface area contributed by atoms with Crippen molar-refractivity contribution in [3.05, 3.63) is 65.5 Å². The Morgan fingerprint density at radius 3 is 2.58 bits per heavy atom. The first kappa shape index (κ1) is 22.5. The molecule has 1 atom stereocenters. The van der Waals surface area contributed by atoms with Crippen molar-refractivity contribution in [2.75, 3.05) is 11.6 Å². The highest BCUT2D eigenvalue weighted by Gasteiger charge is 2.36. The number of primary amides is 1. The molecule has 4 rings (SSSR count). The highest BCUT2D eigenvalue weighted by molar-refractivity contribution is 6.40. The summed E-state index contributed by atoms with van der Waals surface area (Å²) in [7, 11) is 0. The number of benzene rings is 2. The summed E-state index contributed by atoms with van der Waals surface area (Å²) in [6, 6.07) is 15.6. The van der Waals surface area contributed by atoms with Gasteiger partial charge in [-0.2, -0.15) is 5.10 Å². The first-order chi connectivity index (χ1) is 16.0. The van der Waals surface area contributed by atoms with E-state index in [1.807, 2.05) is 49.4 Å². The molecule has 2 heterocycles. The van der Waals surface area contributed by atoms with Crippen LogP contribution in [0.2, 0.25) is 5.02 Å². The summed E-state index contributed by atoms with van der Waals surface area (Å²) >= 11 is 6.21. The minimum absolute atomic E-state index is 0.107. The van der Waals surface area contributed by atoms with E-state index in [-0.39, 0.29) is 36.4 Å². The van der Waals surface area contributed by atoms with Gasteiger partial charge in [-0.15, -0.1) is 10.2 Å². The average molecular weight is 467 g/mol. The number of halogens is 1. The summed E-state index contributed by atoms with van der Waals surface area (Å²) in [4.78, 5) is 26.9. The van der Waals surface area contributed by atoms with Gasteiger partial charge in [-0.05, 0) is 30.7 Å². The van der Waals surface area contributed by atoms with E-state index in [1.54, 1.807) is 17.0 Å². The van der Waals surface area contributed by atoms with Gasteiger partial charge in [0.25, 0.3) is 5.91 Å². The molecule has 1 aromatic heterocycles. The van der Waals surface area contributed by atoms with Crippen molar-refractivity contribution in [2.24, 2.45) is 10.8 Å². The van der Waals surface area contributed by atoms with E-state index in [1.165, 1.54) is 5.01 Å². The standard InChI is InChI=1S/C23H23ClN6O3/c1-2-12-29(14-20-26-27-22(33-20)16-10-6-7-11-17(16)24)23(32)18-13-19(21(25)31)30(28-18)15-8-4-3-5-9-15/h3-11,19H,2,12-14H2,1H3,(H2,25,31). The Kier molecular flexibility index (Phi) is 6.69. The van der Waals surface area contributed by atoms with Gasteiger partial charge >= 0.3 is 0 Å². The van der Waals surface area contributed by atoms with Crippen LogP contribution in [0.5, 0.6) is 0 Å². The van der Waals surface area contributed by atoms with Crippen molar-refractivity contribution < 1.29 is 14.0 Å². The van der Waals surface area contributed by atoms with E-state index in [0.29, 0.717) is 29.2 Å². The summed E-state index contributed by atoms with van der Waals surface area (Å²) in [6.07, 6.45) is 0.837. The monoisotopic (exact) mass is 466 g/mol. The van der Waals surface area contributed by atoms with Gasteiger partial charge in [0.1, 0.15) is 11.8 Å². The molecule has 170 valence electrons. The Morgan fingerprint density at radius 1 is 1.15 bits per heavy atom. The minimum Gasteiger partial charge on any atom is -0.419 e. The van der Waals surface area contributed by atoms with Gasteiger partial charge in [-0.1, -0.05) is 48.9 Å². The fourth-order valence-electron chi connectivity index (χ4n) is 3.61. The smallest absolute Gasteiger partial charge is 0.270 e. The Balaban J connectivity index is 1.55. The number of nitrogens with zero attached hydrogens (tertiary/aromatic N) is 5. The van der Waals surface area contributed by atoms with E-state index < -0.39 is 11.9 Å². The lowest BCUT2D eigenvalue weighted by Crippen LogP contribution is -2.40. The molecule has 3 aromatic rings. The minimum atomic E-state index is -0.731. The van der Waals surface area contributed by atoms with E-state index in [4.69, 9.17) is 21.8 Å². The van der Waals surface area contributed by atoms with E-state index >= 15 is 0 Å². The maximum atomic E-state index is 13.3. The zero-order chi connectivity index (χ0) is 23.4. The van der Waals surface area contributed by atoms with Crippen LogP contribution in [0.4, 0.5) is 5.69 Å². The molecule has 0 radical (unpaired) electrons. The van der Waals surface area contributed by atoms with Crippen molar-refractivity contribution in [3.8, 4) is 11.5 Å². The third-order valence-corrected chi connectivity index (χ3v) is 5.51. The maximum Gasteiger partial charge on any atom is 0.270 e. The number of hydrogen-bond donors (Lipinski definition) is 1. The number of aromatic nitrogens is 2. The molecule has 0 aliphatic carbocycles. The Labute approximate surface area is 195 Å². The summed E-state index contributed by atoms with van der Waals surface area (Å²) in [5.41, 5.74) is 7.15. The van der Waals surface area contributed by atoms with Gasteiger partial charge in [0.15, 0.2) is 0 Å². The number of carbonyl (C=O) groups is 2. The Morgan fingerprint density at radius 2 is 1.88 bits per heavy atom. The first-order valence-corrected chi connectivity index (χ1v) is 10.9. The molecule has 0 bridgehead atoms. The fourth-order valence-corrected chi connectivity index (χ4v) is 3.83. The van der Waals surface area contributed by atoms with Crippen LogP contribution in [0.1, 0.15) is 25.7 Å². The lowest BCUT2D eigenvalue weighted by atomic mass is 10.1. The summed E-state index contributed by atoms with van der Waals surface area (Å²) in [6.45, 7) is 2.52. The summed E-state index contributed by atoms with van der Waals surface area (Å²) in [5, 5.41) is 14.6. The molecule has 1 aliphatic rings. The molecule has 0 saturated heterocycles. The molecule has 0 saturated carbocycles. The molecular formula is C23H23ClN6O3. The predicted octanol–water partition coefficient (Wildman–Crippen LogP) is 3.25. The third kappa shape index (κ3) is 4.88. The lowest BCUT2D eigenvalue weighted by molar-refractivity contribution is -0.125. The van der Waals surface area contributed by atoms with E-state index in [2.05, 4.69) is 15.3 Å².